The summed E-state index contributed by atoms with van der Waals surface area (Å²) in [5, 5.41) is 21.4. The van der Waals surface area contributed by atoms with E-state index < -0.39 is 36.4 Å². The van der Waals surface area contributed by atoms with Gasteiger partial charge in [-0.05, 0) is 44.0 Å². The number of pyridine rings is 1. The zero-order valence-electron chi connectivity index (χ0n) is 24.0. The molecule has 2 aliphatic heterocycles. The van der Waals surface area contributed by atoms with E-state index in [1.165, 1.54) is 0 Å². The summed E-state index contributed by atoms with van der Waals surface area (Å²) >= 11 is 0. The topological polar surface area (TPSA) is 154 Å². The highest BCUT2D eigenvalue weighted by Crippen LogP contribution is 2.31. The molecule has 11 nitrogen and oxygen atoms in total. The number of morpholine rings is 1. The number of aromatic nitrogens is 1. The minimum atomic E-state index is -5.08. The Hall–Kier alpha value is -3.91. The van der Waals surface area contributed by atoms with Crippen molar-refractivity contribution in [1.29, 1.82) is 0 Å². The van der Waals surface area contributed by atoms with E-state index in [2.05, 4.69) is 33.0 Å². The molecule has 1 spiro atoms. The molecule has 260 valence electrons. The number of piperidine rings is 1. The number of nitrogens with zero attached hydrogens (tertiary/aromatic N) is 3. The van der Waals surface area contributed by atoms with Crippen LogP contribution >= 0.6 is 0 Å². The average molecular weight is 684 g/mol. The van der Waals surface area contributed by atoms with E-state index in [4.69, 9.17) is 38.9 Å². The second-order valence-corrected chi connectivity index (χ2v) is 9.76. The molecule has 2 saturated heterocycles. The molecule has 0 aliphatic carbocycles. The van der Waals surface area contributed by atoms with E-state index in [-0.39, 0.29) is 5.60 Å². The number of hydrogen-bond acceptors (Lipinski definition) is 8. The number of carbonyl (C=O) groups is 3. The Morgan fingerprint density at radius 1 is 0.783 bits per heavy atom. The first kappa shape index (κ1) is 40.1. The number of halogens is 9. The number of carboxylic acid groups (broad SMARTS) is 3. The summed E-state index contributed by atoms with van der Waals surface area (Å²) in [6.07, 6.45) is -11.2. The summed E-state index contributed by atoms with van der Waals surface area (Å²) in [5.74, 6) is -6.22. The number of furan rings is 1. The number of ether oxygens (including phenoxy) is 1. The standard InChI is InChI=1S/C20H27N3O2.3C2HF3O2/c1-17-5-6-19(25-17)15-22-10-7-20(8-11-22)16-23(12-13-24-20)14-18-4-2-3-9-21-18;3*3-2(4,5)1(6)7/h2-6,9H,7-8,10-16H2,1H3;3*(H,6,7). The monoisotopic (exact) mass is 683 g/mol. The smallest absolute Gasteiger partial charge is 0.475 e. The van der Waals surface area contributed by atoms with Gasteiger partial charge < -0.3 is 24.5 Å². The average Bonchev–Trinajstić information content (AvgIpc) is 3.34. The van der Waals surface area contributed by atoms with Crippen LogP contribution in [0.3, 0.4) is 0 Å². The Balaban J connectivity index is 0.000000413. The maximum absolute atomic E-state index is 10.6. The summed E-state index contributed by atoms with van der Waals surface area (Å²) in [5.41, 5.74) is 1.16. The van der Waals surface area contributed by atoms with E-state index in [9.17, 15) is 39.5 Å². The van der Waals surface area contributed by atoms with Crippen LogP contribution in [-0.2, 0) is 32.2 Å². The molecule has 46 heavy (non-hydrogen) atoms. The van der Waals surface area contributed by atoms with Crippen LogP contribution in [0.25, 0.3) is 0 Å². The molecule has 4 rings (SSSR count). The fourth-order valence-corrected chi connectivity index (χ4v) is 3.99. The van der Waals surface area contributed by atoms with Crippen LogP contribution in [0.5, 0.6) is 0 Å². The van der Waals surface area contributed by atoms with Gasteiger partial charge in [-0.3, -0.25) is 14.8 Å². The Kier molecular flexibility index (Phi) is 14.9. The predicted octanol–water partition coefficient (Wildman–Crippen LogP) is 4.75. The van der Waals surface area contributed by atoms with Gasteiger partial charge in [0.15, 0.2) is 0 Å². The molecule has 0 bridgehead atoms. The molecule has 0 radical (unpaired) electrons. The van der Waals surface area contributed by atoms with Crippen molar-refractivity contribution in [3.63, 3.8) is 0 Å². The fourth-order valence-electron chi connectivity index (χ4n) is 3.99. The van der Waals surface area contributed by atoms with Crippen LogP contribution in [0.4, 0.5) is 39.5 Å². The summed E-state index contributed by atoms with van der Waals surface area (Å²) in [6.45, 7) is 8.78. The van der Waals surface area contributed by atoms with E-state index in [1.54, 1.807) is 0 Å². The van der Waals surface area contributed by atoms with Crippen molar-refractivity contribution in [2.45, 2.75) is 57.0 Å². The molecular formula is C26H30F9N3O8. The molecule has 0 unspecified atom stereocenters. The molecule has 0 saturated carbocycles. The third-order valence-electron chi connectivity index (χ3n) is 6.11. The van der Waals surface area contributed by atoms with Crippen LogP contribution < -0.4 is 0 Å². The lowest BCUT2D eigenvalue weighted by atomic mass is 9.89. The van der Waals surface area contributed by atoms with Gasteiger partial charge in [-0.25, -0.2) is 14.4 Å². The van der Waals surface area contributed by atoms with Gasteiger partial charge in [0, 0.05) is 38.9 Å². The first-order valence-corrected chi connectivity index (χ1v) is 13.0. The molecular weight excluding hydrogens is 653 g/mol. The number of rotatable bonds is 4. The van der Waals surface area contributed by atoms with E-state index in [0.717, 1.165) is 75.9 Å². The van der Waals surface area contributed by atoms with Crippen LogP contribution in [0.15, 0.2) is 40.9 Å². The Bertz CT molecular complexity index is 1190. The number of hydrogen-bond donors (Lipinski definition) is 3. The van der Waals surface area contributed by atoms with Crippen LogP contribution in [0.1, 0.15) is 30.1 Å². The largest absolute Gasteiger partial charge is 0.490 e. The predicted molar refractivity (Wildman–Crippen MR) is 137 cm³/mol. The summed E-state index contributed by atoms with van der Waals surface area (Å²) in [4.78, 5) is 36.1. The van der Waals surface area contributed by atoms with E-state index in [0.29, 0.717) is 0 Å². The molecule has 2 fully saturated rings. The number of aliphatic carboxylic acids is 3. The van der Waals surface area contributed by atoms with Gasteiger partial charge in [-0.2, -0.15) is 39.5 Å². The normalized spacial score (nSPS) is 16.9. The first-order chi connectivity index (χ1) is 21.0. The second-order valence-electron chi connectivity index (χ2n) is 9.76. The van der Waals surface area contributed by atoms with Crippen LogP contribution in [0.2, 0.25) is 0 Å². The van der Waals surface area contributed by atoms with Crippen molar-refractivity contribution in [2.24, 2.45) is 0 Å². The van der Waals surface area contributed by atoms with Crippen molar-refractivity contribution < 1.29 is 78.4 Å². The Labute approximate surface area is 255 Å². The summed E-state index contributed by atoms with van der Waals surface area (Å²) in [7, 11) is 0. The van der Waals surface area contributed by atoms with Crippen molar-refractivity contribution in [1.82, 2.24) is 14.8 Å². The molecule has 4 heterocycles. The molecule has 0 atom stereocenters. The maximum Gasteiger partial charge on any atom is 0.490 e. The lowest BCUT2D eigenvalue weighted by molar-refractivity contribution is -0.193. The first-order valence-electron chi connectivity index (χ1n) is 13.0. The number of likely N-dealkylation sites (tertiary alicyclic amines) is 1. The Morgan fingerprint density at radius 2 is 1.28 bits per heavy atom. The van der Waals surface area contributed by atoms with Crippen molar-refractivity contribution in [3.8, 4) is 0 Å². The van der Waals surface area contributed by atoms with Gasteiger partial charge in [0.1, 0.15) is 11.5 Å². The summed E-state index contributed by atoms with van der Waals surface area (Å²) in [6, 6.07) is 10.3. The minimum absolute atomic E-state index is 0.0165. The van der Waals surface area contributed by atoms with Crippen molar-refractivity contribution in [2.75, 3.05) is 32.8 Å². The summed E-state index contributed by atoms with van der Waals surface area (Å²) < 4.78 is 107. The number of alkyl halides is 9. The van der Waals surface area contributed by atoms with Crippen molar-refractivity contribution in [3.05, 3.63) is 53.7 Å². The quantitative estimate of drug-likeness (QED) is 0.383. The van der Waals surface area contributed by atoms with Gasteiger partial charge in [0.25, 0.3) is 0 Å². The van der Waals surface area contributed by atoms with Crippen LogP contribution in [0, 0.1) is 6.92 Å². The molecule has 0 aromatic carbocycles. The molecule has 0 amide bonds. The zero-order chi connectivity index (χ0) is 35.3. The van der Waals surface area contributed by atoms with Gasteiger partial charge in [0.05, 0.1) is 24.4 Å². The minimum Gasteiger partial charge on any atom is -0.475 e. The van der Waals surface area contributed by atoms with Gasteiger partial charge in [-0.1, -0.05) is 6.07 Å². The molecule has 2 aromatic rings. The molecule has 3 N–H and O–H groups in total. The fraction of sp³-hybridized carbons (Fsp3) is 0.538. The third-order valence-corrected chi connectivity index (χ3v) is 6.11. The van der Waals surface area contributed by atoms with Crippen LogP contribution in [-0.4, -0.2) is 105 Å². The molecule has 20 heteroatoms. The zero-order valence-corrected chi connectivity index (χ0v) is 24.0. The van der Waals surface area contributed by atoms with E-state index in [1.807, 2.05) is 25.3 Å². The molecule has 2 aromatic heterocycles. The van der Waals surface area contributed by atoms with Gasteiger partial charge in [0.2, 0.25) is 0 Å². The maximum atomic E-state index is 10.6. The highest BCUT2D eigenvalue weighted by atomic mass is 19.4. The van der Waals surface area contributed by atoms with Crippen molar-refractivity contribution >= 4 is 17.9 Å². The lowest BCUT2D eigenvalue weighted by Gasteiger charge is -2.47. The number of carboxylic acids is 3. The third kappa shape index (κ3) is 15.4. The molecule has 2 aliphatic rings. The highest BCUT2D eigenvalue weighted by molar-refractivity contribution is 5.73. The van der Waals surface area contributed by atoms with Gasteiger partial charge in [-0.15, -0.1) is 0 Å². The van der Waals surface area contributed by atoms with Gasteiger partial charge >= 0.3 is 36.4 Å². The second kappa shape index (κ2) is 17.1. The highest BCUT2D eigenvalue weighted by Gasteiger charge is 2.41. The SMILES string of the molecule is Cc1ccc(CN2CCC3(CC2)CN(Cc2ccccn2)CCO3)o1.O=C(O)C(F)(F)F.O=C(O)C(F)(F)F.O=C(O)C(F)(F)F. The number of aryl methyl sites for hydroxylation is 1. The Morgan fingerprint density at radius 3 is 1.67 bits per heavy atom. The lowest BCUT2D eigenvalue weighted by Crippen LogP contribution is -2.56. The van der Waals surface area contributed by atoms with E-state index >= 15 is 0 Å².